The molecule has 2 aliphatic rings. The number of benzene rings is 2. The van der Waals surface area contributed by atoms with Crippen LogP contribution in [0.2, 0.25) is 0 Å². The Hall–Kier alpha value is -2.86. The molecular formula is C23H28N4O2. The van der Waals surface area contributed by atoms with Crippen molar-refractivity contribution >= 4 is 28.9 Å². The Labute approximate surface area is 171 Å². The molecule has 1 saturated heterocycles. The van der Waals surface area contributed by atoms with Gasteiger partial charge in [0.05, 0.1) is 11.4 Å². The quantitative estimate of drug-likeness (QED) is 0.794. The van der Waals surface area contributed by atoms with Gasteiger partial charge in [-0.2, -0.15) is 0 Å². The van der Waals surface area contributed by atoms with Crippen LogP contribution in [0.25, 0.3) is 0 Å². The maximum Gasteiger partial charge on any atom is 0.258 e. The summed E-state index contributed by atoms with van der Waals surface area (Å²) in [5, 5.41) is 0. The Morgan fingerprint density at radius 3 is 2.31 bits per heavy atom. The summed E-state index contributed by atoms with van der Waals surface area (Å²) < 4.78 is 0. The molecule has 0 radical (unpaired) electrons. The number of nitrogens with two attached hydrogens (primary N) is 1. The van der Waals surface area contributed by atoms with Crippen molar-refractivity contribution in [2.24, 2.45) is 0 Å². The largest absolute Gasteiger partial charge is 0.399 e. The van der Waals surface area contributed by atoms with Gasteiger partial charge in [-0.05, 0) is 75.3 Å². The molecule has 4 rings (SSSR count). The van der Waals surface area contributed by atoms with E-state index in [0.717, 1.165) is 37.4 Å². The average molecular weight is 393 g/mol. The van der Waals surface area contributed by atoms with E-state index in [0.29, 0.717) is 17.8 Å². The van der Waals surface area contributed by atoms with Crippen molar-refractivity contribution < 1.29 is 9.59 Å². The molecule has 29 heavy (non-hydrogen) atoms. The van der Waals surface area contributed by atoms with E-state index in [2.05, 4.69) is 4.90 Å². The number of hydrogen-bond acceptors (Lipinski definition) is 4. The van der Waals surface area contributed by atoms with Crippen LogP contribution < -0.4 is 15.5 Å². The van der Waals surface area contributed by atoms with Crippen LogP contribution in [0.1, 0.15) is 36.0 Å². The van der Waals surface area contributed by atoms with Crippen molar-refractivity contribution in [1.82, 2.24) is 4.90 Å². The van der Waals surface area contributed by atoms with E-state index in [1.54, 1.807) is 29.2 Å². The van der Waals surface area contributed by atoms with Gasteiger partial charge in [0.1, 0.15) is 6.54 Å². The Bertz CT molecular complexity index is 875. The smallest absolute Gasteiger partial charge is 0.258 e. The molecule has 2 aromatic rings. The molecule has 6 nitrogen and oxygen atoms in total. The summed E-state index contributed by atoms with van der Waals surface area (Å²) in [5.41, 5.74) is 8.46. The highest BCUT2D eigenvalue weighted by molar-refractivity contribution is 6.15. The van der Waals surface area contributed by atoms with Crippen molar-refractivity contribution in [2.45, 2.75) is 25.7 Å². The highest BCUT2D eigenvalue weighted by Gasteiger charge is 2.32. The van der Waals surface area contributed by atoms with Gasteiger partial charge in [-0.1, -0.05) is 18.6 Å². The highest BCUT2D eigenvalue weighted by Crippen LogP contribution is 2.34. The number of hydrogen-bond donors (Lipinski definition) is 1. The van der Waals surface area contributed by atoms with E-state index in [4.69, 9.17) is 5.73 Å². The first-order valence-corrected chi connectivity index (χ1v) is 10.4. The predicted octanol–water partition coefficient (Wildman–Crippen LogP) is 3.14. The van der Waals surface area contributed by atoms with Gasteiger partial charge in [-0.15, -0.1) is 0 Å². The van der Waals surface area contributed by atoms with Gasteiger partial charge in [0, 0.05) is 17.8 Å². The molecule has 0 aliphatic carbocycles. The number of rotatable bonds is 5. The molecule has 0 aromatic heterocycles. The zero-order valence-corrected chi connectivity index (χ0v) is 16.7. The van der Waals surface area contributed by atoms with Crippen molar-refractivity contribution in [3.63, 3.8) is 0 Å². The molecule has 0 unspecified atom stereocenters. The summed E-state index contributed by atoms with van der Waals surface area (Å²) in [6.45, 7) is 4.07. The van der Waals surface area contributed by atoms with E-state index >= 15 is 0 Å². The molecule has 2 amide bonds. The van der Waals surface area contributed by atoms with Crippen molar-refractivity contribution in [2.75, 3.05) is 48.3 Å². The average Bonchev–Trinajstić information content (AvgIpc) is 2.76. The van der Waals surface area contributed by atoms with Crippen LogP contribution in [0.4, 0.5) is 17.1 Å². The molecule has 2 N–H and O–H groups in total. The number of nitrogen functional groups attached to an aromatic ring is 1. The number of anilines is 3. The maximum atomic E-state index is 13.1. The Morgan fingerprint density at radius 1 is 0.897 bits per heavy atom. The summed E-state index contributed by atoms with van der Waals surface area (Å²) >= 11 is 0. The van der Waals surface area contributed by atoms with Crippen LogP contribution >= 0.6 is 0 Å². The maximum absolute atomic E-state index is 13.1. The molecule has 2 aromatic carbocycles. The lowest BCUT2D eigenvalue weighted by Gasteiger charge is -2.36. The standard InChI is InChI=1S/C23H28N4O2/c24-19-11-9-18(10-12-19)23(29)27-17-22(28)26(20-7-2-3-8-21(20)27)16-6-15-25-13-4-1-5-14-25/h2-3,7-12H,1,4-6,13-17,24H2. The summed E-state index contributed by atoms with van der Waals surface area (Å²) in [4.78, 5) is 31.9. The number of likely N-dealkylation sites (tertiary alicyclic amines) is 1. The number of amides is 2. The van der Waals surface area contributed by atoms with Gasteiger partial charge >= 0.3 is 0 Å². The lowest BCUT2D eigenvalue weighted by Crippen LogP contribution is -2.49. The molecule has 0 spiro atoms. The first kappa shape index (κ1) is 19.5. The van der Waals surface area contributed by atoms with Crippen LogP contribution in [0.5, 0.6) is 0 Å². The first-order valence-electron chi connectivity index (χ1n) is 10.4. The minimum absolute atomic E-state index is 0.0360. The molecular weight excluding hydrogens is 364 g/mol. The Kier molecular flexibility index (Phi) is 5.81. The van der Waals surface area contributed by atoms with Gasteiger partial charge < -0.3 is 15.5 Å². The highest BCUT2D eigenvalue weighted by atomic mass is 16.2. The molecule has 0 saturated carbocycles. The SMILES string of the molecule is Nc1ccc(C(=O)N2CC(=O)N(CCCN3CCCCC3)c3ccccc32)cc1. The number of para-hydroxylation sites is 2. The van der Waals surface area contributed by atoms with E-state index in [9.17, 15) is 9.59 Å². The molecule has 0 atom stereocenters. The van der Waals surface area contributed by atoms with E-state index in [-0.39, 0.29) is 18.4 Å². The van der Waals surface area contributed by atoms with Crippen molar-refractivity contribution in [3.8, 4) is 0 Å². The molecule has 152 valence electrons. The second kappa shape index (κ2) is 8.66. The Morgan fingerprint density at radius 2 is 1.59 bits per heavy atom. The van der Waals surface area contributed by atoms with Crippen LogP contribution in [-0.2, 0) is 4.79 Å². The van der Waals surface area contributed by atoms with Crippen LogP contribution in [0.3, 0.4) is 0 Å². The number of carbonyl (C=O) groups excluding carboxylic acids is 2. The van der Waals surface area contributed by atoms with Gasteiger partial charge in [-0.3, -0.25) is 14.5 Å². The predicted molar refractivity (Wildman–Crippen MR) is 116 cm³/mol. The molecule has 0 bridgehead atoms. The van der Waals surface area contributed by atoms with E-state index < -0.39 is 0 Å². The molecule has 1 fully saturated rings. The normalized spacial score (nSPS) is 17.3. The van der Waals surface area contributed by atoms with Gasteiger partial charge in [0.15, 0.2) is 0 Å². The monoisotopic (exact) mass is 392 g/mol. The van der Waals surface area contributed by atoms with E-state index in [1.807, 2.05) is 29.2 Å². The lowest BCUT2D eigenvalue weighted by atomic mass is 10.1. The van der Waals surface area contributed by atoms with Crippen LogP contribution in [0, 0.1) is 0 Å². The zero-order chi connectivity index (χ0) is 20.2. The van der Waals surface area contributed by atoms with Gasteiger partial charge in [0.2, 0.25) is 5.91 Å². The third-order valence-corrected chi connectivity index (χ3v) is 5.77. The summed E-state index contributed by atoms with van der Waals surface area (Å²) in [7, 11) is 0. The molecule has 2 aliphatic heterocycles. The second-order valence-corrected chi connectivity index (χ2v) is 7.80. The van der Waals surface area contributed by atoms with Gasteiger partial charge in [0.25, 0.3) is 5.91 Å². The third kappa shape index (κ3) is 4.27. The number of piperidine rings is 1. The third-order valence-electron chi connectivity index (χ3n) is 5.77. The minimum Gasteiger partial charge on any atom is -0.399 e. The number of carbonyl (C=O) groups is 2. The van der Waals surface area contributed by atoms with Crippen LogP contribution in [0.15, 0.2) is 48.5 Å². The second-order valence-electron chi connectivity index (χ2n) is 7.80. The first-order chi connectivity index (χ1) is 14.1. The molecule has 6 heteroatoms. The lowest BCUT2D eigenvalue weighted by molar-refractivity contribution is -0.117. The van der Waals surface area contributed by atoms with Crippen molar-refractivity contribution in [1.29, 1.82) is 0 Å². The summed E-state index contributed by atoms with van der Waals surface area (Å²) in [6.07, 6.45) is 4.81. The number of nitrogens with zero attached hydrogens (tertiary/aromatic N) is 3. The van der Waals surface area contributed by atoms with Crippen molar-refractivity contribution in [3.05, 3.63) is 54.1 Å². The molecule has 2 heterocycles. The van der Waals surface area contributed by atoms with Gasteiger partial charge in [-0.25, -0.2) is 0 Å². The minimum atomic E-state index is -0.182. The fraction of sp³-hybridized carbons (Fsp3) is 0.391. The topological polar surface area (TPSA) is 69.9 Å². The van der Waals surface area contributed by atoms with Crippen LogP contribution in [-0.4, -0.2) is 49.4 Å². The summed E-state index contributed by atoms with van der Waals surface area (Å²) in [6, 6.07) is 14.5. The summed E-state index contributed by atoms with van der Waals surface area (Å²) in [5.74, 6) is -0.218. The fourth-order valence-electron chi connectivity index (χ4n) is 4.20. The fourth-order valence-corrected chi connectivity index (χ4v) is 4.20. The Balaban J connectivity index is 1.50. The van der Waals surface area contributed by atoms with E-state index in [1.165, 1.54) is 19.3 Å². The zero-order valence-electron chi connectivity index (χ0n) is 16.7. The number of fused-ring (bicyclic) bond motifs is 1.